The highest BCUT2D eigenvalue weighted by atomic mass is 32.2. The molecule has 1 aliphatic carbocycles. The Kier molecular flexibility index (Phi) is 5.78. The maximum Gasteiger partial charge on any atom is 0.269 e. The number of nitrogens with one attached hydrogen (secondary N) is 1. The molecule has 0 bridgehead atoms. The number of Topliss-reactive ketones (excluding diaryl/α,β-unsaturated/α-hetero) is 1. The zero-order valence-corrected chi connectivity index (χ0v) is 20.8. The lowest BCUT2D eigenvalue weighted by Crippen LogP contribution is -2.13. The number of aromatic nitrogens is 3. The lowest BCUT2D eigenvalue weighted by molar-refractivity contribution is -0.120. The molecular weight excluding hydrogens is 480 g/mol. The second-order valence-electron chi connectivity index (χ2n) is 9.33. The molecule has 0 radical (unpaired) electrons. The lowest BCUT2D eigenvalue weighted by atomic mass is 9.84. The highest BCUT2D eigenvalue weighted by Gasteiger charge is 2.27. The SMILES string of the molecule is O=C1CCC(c2cnc3c(c2)c(-c2csc(C4CCCN4)n2)cn3S(=O)(=O)c2ccccc2)CC1. The summed E-state index contributed by atoms with van der Waals surface area (Å²) in [6.07, 6.45) is 8.41. The van der Waals surface area contributed by atoms with Crippen LogP contribution in [0.5, 0.6) is 0 Å². The van der Waals surface area contributed by atoms with E-state index in [0.717, 1.165) is 59.4 Å². The monoisotopic (exact) mass is 506 g/mol. The fourth-order valence-corrected chi connectivity index (χ4v) is 7.43. The Morgan fingerprint density at radius 2 is 1.89 bits per heavy atom. The number of nitrogens with zero attached hydrogens (tertiary/aromatic N) is 3. The van der Waals surface area contributed by atoms with Crippen molar-refractivity contribution in [1.29, 1.82) is 0 Å². The molecule has 4 heterocycles. The average Bonchev–Trinajstić information content (AvgIpc) is 3.64. The molecule has 35 heavy (non-hydrogen) atoms. The van der Waals surface area contributed by atoms with Crippen LogP contribution in [-0.4, -0.2) is 34.7 Å². The normalized spacial score (nSPS) is 19.5. The Balaban J connectivity index is 1.49. The molecule has 1 N–H and O–H groups in total. The van der Waals surface area contributed by atoms with E-state index in [4.69, 9.17) is 4.98 Å². The first-order chi connectivity index (χ1) is 17.0. The van der Waals surface area contributed by atoms with Gasteiger partial charge in [0, 0.05) is 41.6 Å². The molecule has 9 heteroatoms. The number of carbonyl (C=O) groups excluding carboxylic acids is 1. The third kappa shape index (κ3) is 4.11. The minimum absolute atomic E-state index is 0.217. The number of thiazole rings is 1. The molecule has 2 fully saturated rings. The molecular formula is C26H26N4O3S2. The minimum atomic E-state index is -3.83. The summed E-state index contributed by atoms with van der Waals surface area (Å²) in [4.78, 5) is 21.5. The second kappa shape index (κ2) is 8.96. The number of rotatable bonds is 5. The summed E-state index contributed by atoms with van der Waals surface area (Å²) >= 11 is 1.61. The highest BCUT2D eigenvalue weighted by molar-refractivity contribution is 7.90. The summed E-state index contributed by atoms with van der Waals surface area (Å²) in [6.45, 7) is 0.991. The smallest absolute Gasteiger partial charge is 0.269 e. The van der Waals surface area contributed by atoms with Crippen LogP contribution in [0.2, 0.25) is 0 Å². The van der Waals surface area contributed by atoms with Crippen molar-refractivity contribution >= 4 is 38.2 Å². The average molecular weight is 507 g/mol. The molecule has 1 saturated heterocycles. The summed E-state index contributed by atoms with van der Waals surface area (Å²) in [6, 6.07) is 10.7. The maximum atomic E-state index is 13.6. The topological polar surface area (TPSA) is 93.9 Å². The van der Waals surface area contributed by atoms with Gasteiger partial charge in [-0.25, -0.2) is 22.4 Å². The molecule has 1 aliphatic heterocycles. The Labute approximate surface area is 208 Å². The van der Waals surface area contributed by atoms with Gasteiger partial charge < -0.3 is 5.32 Å². The zero-order valence-electron chi connectivity index (χ0n) is 19.2. The molecule has 1 atom stereocenters. The number of benzene rings is 1. The number of carbonyl (C=O) groups is 1. The molecule has 2 aliphatic rings. The van der Waals surface area contributed by atoms with Crippen LogP contribution in [0.4, 0.5) is 0 Å². The predicted octanol–water partition coefficient (Wildman–Crippen LogP) is 5.05. The van der Waals surface area contributed by atoms with Crippen molar-refractivity contribution in [2.24, 2.45) is 0 Å². The van der Waals surface area contributed by atoms with Crippen LogP contribution in [0.25, 0.3) is 22.3 Å². The van der Waals surface area contributed by atoms with Crippen molar-refractivity contribution in [3.8, 4) is 11.3 Å². The molecule has 0 spiro atoms. The summed E-state index contributed by atoms with van der Waals surface area (Å²) in [7, 11) is -3.83. The molecule has 180 valence electrons. The van der Waals surface area contributed by atoms with E-state index in [1.54, 1.807) is 54.1 Å². The number of fused-ring (bicyclic) bond motifs is 1. The Bertz CT molecular complexity index is 1490. The lowest BCUT2D eigenvalue weighted by Gasteiger charge is -2.21. The Hall–Kier alpha value is -2.88. The van der Waals surface area contributed by atoms with Gasteiger partial charge in [-0.2, -0.15) is 0 Å². The van der Waals surface area contributed by atoms with Crippen LogP contribution in [-0.2, 0) is 14.8 Å². The number of hydrogen-bond acceptors (Lipinski definition) is 7. The summed E-state index contributed by atoms with van der Waals surface area (Å²) < 4.78 is 28.5. The molecule has 1 aromatic carbocycles. The van der Waals surface area contributed by atoms with Crippen molar-refractivity contribution < 1.29 is 13.2 Å². The molecule has 1 unspecified atom stereocenters. The largest absolute Gasteiger partial charge is 0.308 e. The van der Waals surface area contributed by atoms with Crippen LogP contribution in [0.15, 0.2) is 59.1 Å². The number of hydrogen-bond donors (Lipinski definition) is 1. The van der Waals surface area contributed by atoms with E-state index < -0.39 is 10.0 Å². The standard InChI is InChI=1S/C26H26N4O3S2/c31-19-10-8-17(9-11-19)18-13-21-22(24-16-34-26(29-24)23-7-4-12-27-23)15-30(25(21)28-14-18)35(32,33)20-5-2-1-3-6-20/h1-3,5-6,13-17,23,27H,4,7-12H2. The van der Waals surface area contributed by atoms with E-state index in [0.29, 0.717) is 24.3 Å². The van der Waals surface area contributed by atoms with Gasteiger partial charge >= 0.3 is 0 Å². The summed E-state index contributed by atoms with van der Waals surface area (Å²) in [5, 5.41) is 7.30. The minimum Gasteiger partial charge on any atom is -0.308 e. The highest BCUT2D eigenvalue weighted by Crippen LogP contribution is 2.38. The van der Waals surface area contributed by atoms with Crippen LogP contribution >= 0.6 is 11.3 Å². The van der Waals surface area contributed by atoms with Crippen molar-refractivity contribution in [3.05, 3.63) is 64.7 Å². The first-order valence-electron chi connectivity index (χ1n) is 12.0. The van der Waals surface area contributed by atoms with E-state index in [1.165, 1.54) is 3.97 Å². The van der Waals surface area contributed by atoms with Gasteiger partial charge in [-0.3, -0.25) is 4.79 Å². The van der Waals surface area contributed by atoms with E-state index in [9.17, 15) is 13.2 Å². The van der Waals surface area contributed by atoms with E-state index in [1.807, 2.05) is 5.38 Å². The maximum absolute atomic E-state index is 13.6. The number of ketones is 1. The quantitative estimate of drug-likeness (QED) is 0.407. The fraction of sp³-hybridized carbons (Fsp3) is 0.346. The van der Waals surface area contributed by atoms with Crippen molar-refractivity contribution in [2.45, 2.75) is 55.4 Å². The summed E-state index contributed by atoms with van der Waals surface area (Å²) in [5.74, 6) is 0.562. The van der Waals surface area contributed by atoms with Gasteiger partial charge in [0.2, 0.25) is 0 Å². The van der Waals surface area contributed by atoms with Gasteiger partial charge in [-0.1, -0.05) is 18.2 Å². The Morgan fingerprint density at radius 3 is 2.63 bits per heavy atom. The van der Waals surface area contributed by atoms with Crippen molar-refractivity contribution in [1.82, 2.24) is 19.3 Å². The Morgan fingerprint density at radius 1 is 1.09 bits per heavy atom. The first-order valence-corrected chi connectivity index (χ1v) is 14.4. The molecule has 0 amide bonds. The first kappa shape index (κ1) is 22.6. The van der Waals surface area contributed by atoms with Crippen LogP contribution in [0.3, 0.4) is 0 Å². The molecule has 1 saturated carbocycles. The molecule has 6 rings (SSSR count). The van der Waals surface area contributed by atoms with Crippen LogP contribution in [0, 0.1) is 0 Å². The van der Waals surface area contributed by atoms with Crippen molar-refractivity contribution in [3.63, 3.8) is 0 Å². The van der Waals surface area contributed by atoms with Gasteiger partial charge in [0.05, 0.1) is 16.6 Å². The van der Waals surface area contributed by atoms with Crippen LogP contribution < -0.4 is 5.32 Å². The third-order valence-electron chi connectivity index (χ3n) is 7.10. The van der Waals surface area contributed by atoms with Crippen molar-refractivity contribution in [2.75, 3.05) is 6.54 Å². The van der Waals surface area contributed by atoms with Gasteiger partial charge in [0.1, 0.15) is 10.8 Å². The van der Waals surface area contributed by atoms with E-state index >= 15 is 0 Å². The van der Waals surface area contributed by atoms with Gasteiger partial charge in [-0.05, 0) is 61.9 Å². The third-order valence-corrected chi connectivity index (χ3v) is 9.73. The van der Waals surface area contributed by atoms with Gasteiger partial charge in [-0.15, -0.1) is 11.3 Å². The van der Waals surface area contributed by atoms with Crippen LogP contribution in [0.1, 0.15) is 61.1 Å². The second-order valence-corrected chi connectivity index (χ2v) is 12.0. The van der Waals surface area contributed by atoms with Gasteiger partial charge in [0.25, 0.3) is 10.0 Å². The number of pyridine rings is 1. The van der Waals surface area contributed by atoms with Gasteiger partial charge in [0.15, 0.2) is 5.65 Å². The molecule has 7 nitrogen and oxygen atoms in total. The predicted molar refractivity (Wildman–Crippen MR) is 136 cm³/mol. The summed E-state index contributed by atoms with van der Waals surface area (Å²) in [5.41, 5.74) is 2.98. The fourth-order valence-electron chi connectivity index (χ4n) is 5.15. The molecule has 3 aromatic heterocycles. The van der Waals surface area contributed by atoms with E-state index in [2.05, 4.69) is 16.4 Å². The zero-order chi connectivity index (χ0) is 24.0. The molecule has 4 aromatic rings. The van der Waals surface area contributed by atoms with E-state index in [-0.39, 0.29) is 16.9 Å².